The van der Waals surface area contributed by atoms with Gasteiger partial charge in [-0.3, -0.25) is 19.3 Å². The summed E-state index contributed by atoms with van der Waals surface area (Å²) in [6.07, 6.45) is 4.87. The molecule has 2 aliphatic carbocycles. The first kappa shape index (κ1) is 22.0. The number of anilines is 1. The number of amides is 3. The Morgan fingerprint density at radius 2 is 1.70 bits per heavy atom. The van der Waals surface area contributed by atoms with E-state index in [1.165, 1.54) is 11.0 Å². The number of likely N-dealkylation sites (tertiary alicyclic amines) is 1. The molecule has 2 aromatic carbocycles. The van der Waals surface area contributed by atoms with Crippen LogP contribution in [0.25, 0.3) is 0 Å². The Bertz CT molecular complexity index is 1130. The number of hydrogen-bond acceptors (Lipinski definition) is 4. The van der Waals surface area contributed by atoms with Gasteiger partial charge in [0, 0.05) is 5.02 Å². The standard InChI is InChI=1S/C25H22Cl2N2O4/c1-33-17-7-4-13(5-8-17)20(12-21(30)28-19-9-6-16(26)11-18(19)27)29-24(31)22-14-2-3-15(10-14)23(22)25(29)32/h2-9,11,14-15,20,22-23H,10,12H2,1H3,(H,28,30). The van der Waals surface area contributed by atoms with Gasteiger partial charge in [-0.15, -0.1) is 0 Å². The Balaban J connectivity index is 1.44. The minimum atomic E-state index is -0.730. The maximum absolute atomic E-state index is 13.4. The number of carbonyl (C=O) groups excluding carboxylic acids is 3. The molecular weight excluding hydrogens is 463 g/mol. The summed E-state index contributed by atoms with van der Waals surface area (Å²) < 4.78 is 5.24. The lowest BCUT2D eigenvalue weighted by Crippen LogP contribution is -2.38. The van der Waals surface area contributed by atoms with Crippen LogP contribution in [0.4, 0.5) is 5.69 Å². The second kappa shape index (κ2) is 8.50. The maximum atomic E-state index is 13.4. The van der Waals surface area contributed by atoms with Crippen LogP contribution in [0.2, 0.25) is 10.0 Å². The summed E-state index contributed by atoms with van der Waals surface area (Å²) in [5, 5.41) is 3.54. The summed E-state index contributed by atoms with van der Waals surface area (Å²) in [7, 11) is 1.56. The largest absolute Gasteiger partial charge is 0.497 e. The number of nitrogens with zero attached hydrogens (tertiary/aromatic N) is 1. The van der Waals surface area contributed by atoms with E-state index in [-0.39, 0.29) is 47.8 Å². The molecule has 1 heterocycles. The van der Waals surface area contributed by atoms with Crippen LogP contribution in [0.1, 0.15) is 24.4 Å². The first-order chi connectivity index (χ1) is 15.9. The molecule has 0 aromatic heterocycles. The number of hydrogen-bond donors (Lipinski definition) is 1. The summed E-state index contributed by atoms with van der Waals surface area (Å²) in [6.45, 7) is 0. The van der Waals surface area contributed by atoms with Crippen molar-refractivity contribution in [3.8, 4) is 5.75 Å². The molecule has 0 radical (unpaired) electrons. The number of methoxy groups -OCH3 is 1. The minimum absolute atomic E-state index is 0.0923. The van der Waals surface area contributed by atoms with E-state index in [4.69, 9.17) is 27.9 Å². The lowest BCUT2D eigenvalue weighted by Gasteiger charge is -2.28. The number of allylic oxidation sites excluding steroid dienone is 2. The minimum Gasteiger partial charge on any atom is -0.497 e. The third-order valence-electron chi connectivity index (χ3n) is 6.90. The number of nitrogens with one attached hydrogen (secondary N) is 1. The zero-order chi connectivity index (χ0) is 23.3. The summed E-state index contributed by atoms with van der Waals surface area (Å²) >= 11 is 12.1. The molecule has 1 N–H and O–H groups in total. The molecule has 2 aromatic rings. The normalized spacial score (nSPS) is 26.0. The van der Waals surface area contributed by atoms with Gasteiger partial charge in [-0.25, -0.2) is 0 Å². The van der Waals surface area contributed by atoms with Crippen LogP contribution in [-0.4, -0.2) is 29.7 Å². The average molecular weight is 485 g/mol. The molecule has 1 aliphatic heterocycles. The Morgan fingerprint density at radius 1 is 1.06 bits per heavy atom. The zero-order valence-corrected chi connectivity index (χ0v) is 19.3. The van der Waals surface area contributed by atoms with Crippen LogP contribution >= 0.6 is 23.2 Å². The molecule has 2 bridgehead atoms. The highest BCUT2D eigenvalue weighted by Crippen LogP contribution is 2.54. The Morgan fingerprint density at radius 3 is 2.27 bits per heavy atom. The molecule has 3 aliphatic rings. The molecular formula is C25H22Cl2N2O4. The van der Waals surface area contributed by atoms with Crippen LogP contribution in [-0.2, 0) is 14.4 Å². The van der Waals surface area contributed by atoms with Gasteiger partial charge < -0.3 is 10.1 Å². The Labute approximate surface area is 201 Å². The number of fused-ring (bicyclic) bond motifs is 5. The number of imide groups is 1. The van der Waals surface area contributed by atoms with E-state index in [0.29, 0.717) is 27.0 Å². The van der Waals surface area contributed by atoms with E-state index in [0.717, 1.165) is 6.42 Å². The van der Waals surface area contributed by atoms with Gasteiger partial charge in [0.25, 0.3) is 0 Å². The van der Waals surface area contributed by atoms with Crippen molar-refractivity contribution in [2.24, 2.45) is 23.7 Å². The van der Waals surface area contributed by atoms with Gasteiger partial charge in [0.05, 0.1) is 42.1 Å². The van der Waals surface area contributed by atoms with Crippen molar-refractivity contribution in [1.82, 2.24) is 4.90 Å². The quantitative estimate of drug-likeness (QED) is 0.468. The van der Waals surface area contributed by atoms with Crippen molar-refractivity contribution in [1.29, 1.82) is 0 Å². The van der Waals surface area contributed by atoms with Crippen LogP contribution in [0.15, 0.2) is 54.6 Å². The monoisotopic (exact) mass is 484 g/mol. The van der Waals surface area contributed by atoms with Crippen LogP contribution < -0.4 is 10.1 Å². The number of ether oxygens (including phenoxy) is 1. The zero-order valence-electron chi connectivity index (χ0n) is 17.8. The van der Waals surface area contributed by atoms with Gasteiger partial charge in [0.1, 0.15) is 5.75 Å². The van der Waals surface area contributed by atoms with E-state index in [2.05, 4.69) is 17.5 Å². The highest BCUT2D eigenvalue weighted by atomic mass is 35.5. The first-order valence-corrected chi connectivity index (χ1v) is 11.6. The number of benzene rings is 2. The molecule has 33 heavy (non-hydrogen) atoms. The van der Waals surface area contributed by atoms with Gasteiger partial charge in [-0.05, 0) is 54.2 Å². The van der Waals surface area contributed by atoms with Crippen molar-refractivity contribution in [2.75, 3.05) is 12.4 Å². The summed E-state index contributed by atoms with van der Waals surface area (Å²) in [5.41, 5.74) is 1.10. The van der Waals surface area contributed by atoms with Gasteiger partial charge in [0.15, 0.2) is 0 Å². The molecule has 170 valence electrons. The fourth-order valence-electron chi connectivity index (χ4n) is 5.38. The SMILES string of the molecule is COc1ccc(C(CC(=O)Nc2ccc(Cl)cc2Cl)N2C(=O)C3C4C=CC(C4)C3C2=O)cc1. The predicted molar refractivity (Wildman–Crippen MR) is 125 cm³/mol. The van der Waals surface area contributed by atoms with Crippen LogP contribution in [0.3, 0.4) is 0 Å². The van der Waals surface area contributed by atoms with Gasteiger partial charge >= 0.3 is 0 Å². The molecule has 3 amide bonds. The highest BCUT2D eigenvalue weighted by molar-refractivity contribution is 6.36. The molecule has 5 unspecified atom stereocenters. The molecule has 5 atom stereocenters. The van der Waals surface area contributed by atoms with Crippen molar-refractivity contribution >= 4 is 46.6 Å². The van der Waals surface area contributed by atoms with Gasteiger partial charge in [-0.1, -0.05) is 47.5 Å². The average Bonchev–Trinajstić information content (AvgIpc) is 3.48. The second-order valence-electron chi connectivity index (χ2n) is 8.71. The third-order valence-corrected chi connectivity index (χ3v) is 7.45. The lowest BCUT2D eigenvalue weighted by atomic mass is 9.85. The van der Waals surface area contributed by atoms with Crippen molar-refractivity contribution in [3.05, 3.63) is 70.2 Å². The predicted octanol–water partition coefficient (Wildman–Crippen LogP) is 4.88. The summed E-state index contributed by atoms with van der Waals surface area (Å²) in [6, 6.07) is 11.1. The first-order valence-electron chi connectivity index (χ1n) is 10.8. The molecule has 2 fully saturated rings. The van der Waals surface area contributed by atoms with Crippen molar-refractivity contribution in [3.63, 3.8) is 0 Å². The van der Waals surface area contributed by atoms with Crippen molar-refractivity contribution in [2.45, 2.75) is 18.9 Å². The maximum Gasteiger partial charge on any atom is 0.234 e. The number of rotatable bonds is 6. The summed E-state index contributed by atoms with van der Waals surface area (Å²) in [5.74, 6) is -0.574. The fraction of sp³-hybridized carbons (Fsp3) is 0.320. The summed E-state index contributed by atoms with van der Waals surface area (Å²) in [4.78, 5) is 41.2. The lowest BCUT2D eigenvalue weighted by molar-refractivity contribution is -0.144. The van der Waals surface area contributed by atoms with E-state index >= 15 is 0 Å². The number of halogens is 2. The smallest absolute Gasteiger partial charge is 0.234 e. The molecule has 6 nitrogen and oxygen atoms in total. The second-order valence-corrected chi connectivity index (χ2v) is 9.56. The molecule has 0 spiro atoms. The van der Waals surface area contributed by atoms with E-state index in [1.807, 2.05) is 0 Å². The number of carbonyl (C=O) groups is 3. The van der Waals surface area contributed by atoms with E-state index < -0.39 is 6.04 Å². The van der Waals surface area contributed by atoms with E-state index in [9.17, 15) is 14.4 Å². The van der Waals surface area contributed by atoms with Gasteiger partial charge in [0.2, 0.25) is 17.7 Å². The topological polar surface area (TPSA) is 75.7 Å². The van der Waals surface area contributed by atoms with Crippen LogP contribution in [0, 0.1) is 23.7 Å². The third kappa shape index (κ3) is 3.81. The van der Waals surface area contributed by atoms with Gasteiger partial charge in [-0.2, -0.15) is 0 Å². The van der Waals surface area contributed by atoms with Crippen LogP contribution in [0.5, 0.6) is 5.75 Å². The Kier molecular flexibility index (Phi) is 5.67. The van der Waals surface area contributed by atoms with Crippen molar-refractivity contribution < 1.29 is 19.1 Å². The fourth-order valence-corrected chi connectivity index (χ4v) is 5.84. The molecule has 8 heteroatoms. The molecule has 1 saturated carbocycles. The molecule has 1 saturated heterocycles. The molecule has 5 rings (SSSR count). The van der Waals surface area contributed by atoms with E-state index in [1.54, 1.807) is 43.5 Å². The Hall–Kier alpha value is -2.83. The highest BCUT2D eigenvalue weighted by Gasteiger charge is 2.60.